The van der Waals surface area contributed by atoms with E-state index in [1.54, 1.807) is 11.8 Å². The zero-order valence-electron chi connectivity index (χ0n) is 12.3. The molecule has 4 nitrogen and oxygen atoms in total. The first kappa shape index (κ1) is 16.0. The number of unbranched alkanes of at least 4 members (excludes halogenated alkanes) is 1. The molecular formula is C15H19N3OS2. The van der Waals surface area contributed by atoms with Crippen LogP contribution in [0.3, 0.4) is 0 Å². The average Bonchev–Trinajstić information content (AvgIpc) is 2.90. The third-order valence-electron chi connectivity index (χ3n) is 2.85. The largest absolute Gasteiger partial charge is 0.301 e. The lowest BCUT2D eigenvalue weighted by Gasteiger charge is -2.00. The van der Waals surface area contributed by atoms with Crippen LogP contribution in [0.1, 0.15) is 37.3 Å². The Morgan fingerprint density at radius 1 is 1.38 bits per heavy atom. The average molecular weight is 321 g/mol. The highest BCUT2D eigenvalue weighted by Crippen LogP contribution is 2.28. The summed E-state index contributed by atoms with van der Waals surface area (Å²) in [6, 6.07) is 8.42. The van der Waals surface area contributed by atoms with Crippen LogP contribution in [0.2, 0.25) is 0 Å². The Labute approximate surface area is 133 Å². The van der Waals surface area contributed by atoms with E-state index in [-0.39, 0.29) is 5.91 Å². The van der Waals surface area contributed by atoms with Crippen molar-refractivity contribution in [1.82, 2.24) is 10.2 Å². The van der Waals surface area contributed by atoms with Crippen LogP contribution in [-0.2, 0) is 10.5 Å². The molecule has 1 aromatic heterocycles. The first-order chi connectivity index (χ1) is 10.2. The molecule has 0 radical (unpaired) electrons. The highest BCUT2D eigenvalue weighted by molar-refractivity contribution is 8.00. The predicted octanol–water partition coefficient (Wildman–Crippen LogP) is 4.27. The molecule has 0 saturated heterocycles. The number of benzene rings is 1. The number of thioether (sulfide) groups is 1. The lowest BCUT2D eigenvalue weighted by molar-refractivity contribution is -0.116. The molecule has 1 aromatic carbocycles. The quantitative estimate of drug-likeness (QED) is 0.611. The second-order valence-corrected chi connectivity index (χ2v) is 7.00. The van der Waals surface area contributed by atoms with Crippen molar-refractivity contribution >= 4 is 34.1 Å². The van der Waals surface area contributed by atoms with Gasteiger partial charge in [-0.3, -0.25) is 4.79 Å². The zero-order valence-corrected chi connectivity index (χ0v) is 13.9. The summed E-state index contributed by atoms with van der Waals surface area (Å²) in [5.41, 5.74) is 2.53. The molecule has 0 spiro atoms. The Kier molecular flexibility index (Phi) is 6.20. The van der Waals surface area contributed by atoms with Gasteiger partial charge in [-0.1, -0.05) is 66.3 Å². The number of anilines is 1. The summed E-state index contributed by atoms with van der Waals surface area (Å²) in [5.74, 6) is 0.878. The minimum Gasteiger partial charge on any atom is -0.301 e. The minimum absolute atomic E-state index is 0.0169. The molecule has 21 heavy (non-hydrogen) atoms. The molecule has 1 heterocycles. The number of aromatic nitrogens is 2. The molecule has 1 N–H and O–H groups in total. The molecule has 0 unspecified atom stereocenters. The van der Waals surface area contributed by atoms with Crippen molar-refractivity contribution in [2.75, 3.05) is 5.32 Å². The van der Waals surface area contributed by atoms with Gasteiger partial charge in [0.15, 0.2) is 4.34 Å². The van der Waals surface area contributed by atoms with Gasteiger partial charge in [-0.05, 0) is 18.9 Å². The lowest BCUT2D eigenvalue weighted by atomic mass is 10.2. The second kappa shape index (κ2) is 8.14. The van der Waals surface area contributed by atoms with Crippen LogP contribution in [0, 0.1) is 6.92 Å². The molecule has 112 valence electrons. The van der Waals surface area contributed by atoms with E-state index >= 15 is 0 Å². The molecule has 0 aliphatic heterocycles. The number of aryl methyl sites for hydroxylation is 1. The number of rotatable bonds is 7. The minimum atomic E-state index is 0.0169. The van der Waals surface area contributed by atoms with E-state index in [0.29, 0.717) is 11.6 Å². The SMILES string of the molecule is CCCCC(=O)Nc1nnc(SCc2cccc(C)c2)s1. The number of amides is 1. The van der Waals surface area contributed by atoms with Crippen LogP contribution >= 0.6 is 23.1 Å². The number of hydrogen-bond acceptors (Lipinski definition) is 5. The summed E-state index contributed by atoms with van der Waals surface area (Å²) in [5, 5.41) is 11.5. The number of carbonyl (C=O) groups is 1. The van der Waals surface area contributed by atoms with Gasteiger partial charge in [-0.15, -0.1) is 10.2 Å². The maximum atomic E-state index is 11.6. The van der Waals surface area contributed by atoms with Gasteiger partial charge in [0.25, 0.3) is 0 Å². The van der Waals surface area contributed by atoms with E-state index in [2.05, 4.69) is 53.6 Å². The summed E-state index contributed by atoms with van der Waals surface area (Å²) in [6.45, 7) is 4.15. The van der Waals surface area contributed by atoms with E-state index in [1.165, 1.54) is 22.5 Å². The summed E-state index contributed by atoms with van der Waals surface area (Å²) in [6.07, 6.45) is 2.46. The Hall–Kier alpha value is -1.40. The van der Waals surface area contributed by atoms with Crippen molar-refractivity contribution < 1.29 is 4.79 Å². The second-order valence-electron chi connectivity index (χ2n) is 4.80. The van der Waals surface area contributed by atoms with Gasteiger partial charge < -0.3 is 5.32 Å². The van der Waals surface area contributed by atoms with Crippen molar-refractivity contribution in [3.63, 3.8) is 0 Å². The van der Waals surface area contributed by atoms with Crippen molar-refractivity contribution in [2.45, 2.75) is 43.2 Å². The Balaban J connectivity index is 1.84. The van der Waals surface area contributed by atoms with Crippen molar-refractivity contribution in [3.05, 3.63) is 35.4 Å². The normalized spacial score (nSPS) is 10.6. The van der Waals surface area contributed by atoms with Gasteiger partial charge in [-0.25, -0.2) is 0 Å². The number of carbonyl (C=O) groups excluding carboxylic acids is 1. The zero-order chi connectivity index (χ0) is 15.1. The van der Waals surface area contributed by atoms with Gasteiger partial charge >= 0.3 is 0 Å². The molecule has 0 atom stereocenters. The van der Waals surface area contributed by atoms with Crippen molar-refractivity contribution in [1.29, 1.82) is 0 Å². The Bertz CT molecular complexity index is 598. The Morgan fingerprint density at radius 3 is 3.00 bits per heavy atom. The van der Waals surface area contributed by atoms with Gasteiger partial charge in [0.2, 0.25) is 11.0 Å². The smallest absolute Gasteiger partial charge is 0.226 e. The molecule has 0 aliphatic carbocycles. The number of nitrogens with zero attached hydrogens (tertiary/aromatic N) is 2. The van der Waals surface area contributed by atoms with Crippen molar-refractivity contribution in [2.24, 2.45) is 0 Å². The number of hydrogen-bond donors (Lipinski definition) is 1. The van der Waals surface area contributed by atoms with Gasteiger partial charge in [0.05, 0.1) is 0 Å². The van der Waals surface area contributed by atoms with Crippen molar-refractivity contribution in [3.8, 4) is 0 Å². The molecule has 1 amide bonds. The van der Waals surface area contributed by atoms with Crippen LogP contribution in [0.15, 0.2) is 28.6 Å². The maximum Gasteiger partial charge on any atom is 0.226 e. The van der Waals surface area contributed by atoms with Crippen LogP contribution in [0.4, 0.5) is 5.13 Å². The fraction of sp³-hybridized carbons (Fsp3) is 0.400. The third kappa shape index (κ3) is 5.47. The fourth-order valence-corrected chi connectivity index (χ4v) is 3.50. The first-order valence-corrected chi connectivity index (χ1v) is 8.79. The topological polar surface area (TPSA) is 54.9 Å². The van der Waals surface area contributed by atoms with Gasteiger partial charge in [0.1, 0.15) is 0 Å². The van der Waals surface area contributed by atoms with E-state index in [4.69, 9.17) is 0 Å². The summed E-state index contributed by atoms with van der Waals surface area (Å²) in [4.78, 5) is 11.6. The molecule has 2 rings (SSSR count). The van der Waals surface area contributed by atoms with Crippen LogP contribution < -0.4 is 5.32 Å². The highest BCUT2D eigenvalue weighted by Gasteiger charge is 2.08. The summed E-state index contributed by atoms with van der Waals surface area (Å²) >= 11 is 3.07. The van der Waals surface area contributed by atoms with Crippen LogP contribution in [-0.4, -0.2) is 16.1 Å². The summed E-state index contributed by atoms with van der Waals surface area (Å²) in [7, 11) is 0. The number of nitrogens with one attached hydrogen (secondary N) is 1. The standard InChI is InChI=1S/C15H19N3OS2/c1-3-4-8-13(19)16-14-17-18-15(21-14)20-10-12-7-5-6-11(2)9-12/h5-7,9H,3-4,8,10H2,1-2H3,(H,16,17,19). The summed E-state index contributed by atoms with van der Waals surface area (Å²) < 4.78 is 0.877. The molecule has 2 aromatic rings. The van der Waals surface area contributed by atoms with Crippen LogP contribution in [0.25, 0.3) is 0 Å². The molecule has 0 bridgehead atoms. The lowest BCUT2D eigenvalue weighted by Crippen LogP contribution is -2.10. The first-order valence-electron chi connectivity index (χ1n) is 6.99. The molecule has 6 heteroatoms. The van der Waals surface area contributed by atoms with E-state index < -0.39 is 0 Å². The van der Waals surface area contributed by atoms with Gasteiger partial charge in [0, 0.05) is 12.2 Å². The monoisotopic (exact) mass is 321 g/mol. The molecule has 0 saturated carbocycles. The van der Waals surface area contributed by atoms with E-state index in [9.17, 15) is 4.79 Å². The Morgan fingerprint density at radius 2 is 2.24 bits per heavy atom. The fourth-order valence-electron chi connectivity index (χ4n) is 1.78. The van der Waals surface area contributed by atoms with Gasteiger partial charge in [-0.2, -0.15) is 0 Å². The van der Waals surface area contributed by atoms with E-state index in [1.807, 2.05) is 0 Å². The van der Waals surface area contributed by atoms with Crippen LogP contribution in [0.5, 0.6) is 0 Å². The third-order valence-corrected chi connectivity index (χ3v) is 4.90. The highest BCUT2D eigenvalue weighted by atomic mass is 32.2. The van der Waals surface area contributed by atoms with E-state index in [0.717, 1.165) is 22.9 Å². The molecular weight excluding hydrogens is 302 g/mol. The maximum absolute atomic E-state index is 11.6. The molecule has 0 fully saturated rings. The molecule has 0 aliphatic rings. The predicted molar refractivity (Wildman–Crippen MR) is 88.8 cm³/mol.